The van der Waals surface area contributed by atoms with Gasteiger partial charge in [0, 0.05) is 19.2 Å². The molecule has 0 saturated carbocycles. The number of carbonyl (C=O) groups is 1. The van der Waals surface area contributed by atoms with Crippen molar-refractivity contribution in [2.45, 2.75) is 4.90 Å². The molecule has 132 valence electrons. The molecule has 0 radical (unpaired) electrons. The Labute approximate surface area is 149 Å². The highest BCUT2D eigenvalue weighted by Gasteiger charge is 2.23. The van der Waals surface area contributed by atoms with Gasteiger partial charge in [-0.2, -0.15) is 4.31 Å². The molecule has 2 aromatic rings. The lowest BCUT2D eigenvalue weighted by atomic mass is 10.3. The van der Waals surface area contributed by atoms with Crippen LogP contribution in [0.1, 0.15) is 0 Å². The number of nitro benzene ring substituents is 1. The monoisotopic (exact) mass is 383 g/mol. The fourth-order valence-electron chi connectivity index (χ4n) is 1.97. The number of carbonyl (C=O) groups excluding carboxylic acids is 1. The maximum atomic E-state index is 12.4. The number of likely N-dealkylation sites (N-methyl/N-ethyl adjacent to an activating group) is 1. The van der Waals surface area contributed by atoms with Crippen LogP contribution in [0.15, 0.2) is 53.4 Å². The predicted molar refractivity (Wildman–Crippen MR) is 93.0 cm³/mol. The lowest BCUT2D eigenvalue weighted by molar-refractivity contribution is -0.384. The minimum Gasteiger partial charge on any atom is -0.323 e. The van der Waals surface area contributed by atoms with Crippen LogP contribution in [0.5, 0.6) is 0 Å². The van der Waals surface area contributed by atoms with Gasteiger partial charge in [0.05, 0.1) is 27.1 Å². The molecule has 2 rings (SSSR count). The normalized spacial score (nSPS) is 11.3. The molecule has 0 spiro atoms. The van der Waals surface area contributed by atoms with Gasteiger partial charge in [0.2, 0.25) is 15.9 Å². The summed E-state index contributed by atoms with van der Waals surface area (Å²) in [6.45, 7) is -0.476. The third-order valence-electron chi connectivity index (χ3n) is 3.25. The van der Waals surface area contributed by atoms with E-state index in [1.165, 1.54) is 31.3 Å². The maximum Gasteiger partial charge on any atom is 0.271 e. The van der Waals surface area contributed by atoms with Crippen LogP contribution < -0.4 is 5.32 Å². The van der Waals surface area contributed by atoms with Crippen LogP contribution in [0.3, 0.4) is 0 Å². The van der Waals surface area contributed by atoms with Crippen molar-refractivity contribution in [1.82, 2.24) is 4.31 Å². The molecule has 0 unspecified atom stereocenters. The highest BCUT2D eigenvalue weighted by molar-refractivity contribution is 7.89. The molecule has 0 aromatic heterocycles. The first kappa shape index (κ1) is 18.8. The zero-order valence-corrected chi connectivity index (χ0v) is 14.6. The van der Waals surface area contributed by atoms with E-state index in [1.54, 1.807) is 18.2 Å². The van der Waals surface area contributed by atoms with Crippen molar-refractivity contribution in [3.05, 3.63) is 63.7 Å². The second-order valence-electron chi connectivity index (χ2n) is 5.04. The van der Waals surface area contributed by atoms with Crippen LogP contribution in [-0.4, -0.2) is 37.1 Å². The summed E-state index contributed by atoms with van der Waals surface area (Å²) in [7, 11) is -2.57. The van der Waals surface area contributed by atoms with E-state index in [1.807, 2.05) is 0 Å². The molecule has 0 aliphatic rings. The van der Waals surface area contributed by atoms with Crippen molar-refractivity contribution in [3.63, 3.8) is 0 Å². The number of sulfonamides is 1. The number of halogens is 1. The topological polar surface area (TPSA) is 110 Å². The highest BCUT2D eigenvalue weighted by atomic mass is 35.5. The third kappa shape index (κ3) is 4.53. The van der Waals surface area contributed by atoms with E-state index in [0.29, 0.717) is 0 Å². The minimum absolute atomic E-state index is 0.0337. The number of rotatable bonds is 6. The Hall–Kier alpha value is -2.49. The third-order valence-corrected chi connectivity index (χ3v) is 5.40. The van der Waals surface area contributed by atoms with Gasteiger partial charge in [0.25, 0.3) is 5.69 Å². The van der Waals surface area contributed by atoms with Crippen molar-refractivity contribution >= 4 is 38.9 Å². The first-order valence-electron chi connectivity index (χ1n) is 6.97. The molecular formula is C15H14ClN3O5S. The highest BCUT2D eigenvalue weighted by Crippen LogP contribution is 2.26. The summed E-state index contributed by atoms with van der Waals surface area (Å²) in [6.07, 6.45) is 0. The van der Waals surface area contributed by atoms with E-state index in [9.17, 15) is 23.3 Å². The summed E-state index contributed by atoms with van der Waals surface area (Å²) in [5.74, 6) is -0.676. The number of anilines is 1. The first-order valence-corrected chi connectivity index (χ1v) is 8.79. The Kier molecular flexibility index (Phi) is 5.73. The lowest BCUT2D eigenvalue weighted by Crippen LogP contribution is -2.35. The molecule has 0 heterocycles. The van der Waals surface area contributed by atoms with Gasteiger partial charge in [0.15, 0.2) is 0 Å². The summed E-state index contributed by atoms with van der Waals surface area (Å²) < 4.78 is 25.6. The van der Waals surface area contributed by atoms with Crippen LogP contribution in [-0.2, 0) is 14.8 Å². The predicted octanol–water partition coefficient (Wildman–Crippen LogP) is 2.51. The average molecular weight is 384 g/mol. The zero-order chi connectivity index (χ0) is 18.6. The van der Waals surface area contributed by atoms with Gasteiger partial charge in [-0.1, -0.05) is 29.8 Å². The molecule has 1 amide bonds. The van der Waals surface area contributed by atoms with E-state index in [0.717, 1.165) is 10.4 Å². The molecule has 0 bridgehead atoms. The zero-order valence-electron chi connectivity index (χ0n) is 13.0. The number of non-ortho nitro benzene ring substituents is 1. The molecule has 0 atom stereocenters. The number of nitro groups is 1. The van der Waals surface area contributed by atoms with Crippen LogP contribution in [0.4, 0.5) is 11.4 Å². The largest absolute Gasteiger partial charge is 0.323 e. The standard InChI is InChI=1S/C15H14ClN3O5S/c1-18(25(23,24)12-5-3-2-4-6-12)10-15(20)17-14-9-11(19(21)22)7-8-13(14)16/h2-9H,10H2,1H3,(H,17,20). The molecule has 8 nitrogen and oxygen atoms in total. The fourth-order valence-corrected chi connectivity index (χ4v) is 3.28. The number of amides is 1. The van der Waals surface area contributed by atoms with Gasteiger partial charge in [-0.05, 0) is 18.2 Å². The van der Waals surface area contributed by atoms with Crippen LogP contribution in [0.25, 0.3) is 0 Å². The van der Waals surface area contributed by atoms with Crippen molar-refractivity contribution in [2.24, 2.45) is 0 Å². The SMILES string of the molecule is CN(CC(=O)Nc1cc([N+](=O)[O-])ccc1Cl)S(=O)(=O)c1ccccc1. The second-order valence-corrected chi connectivity index (χ2v) is 7.50. The Balaban J connectivity index is 2.13. The van der Waals surface area contributed by atoms with Gasteiger partial charge >= 0.3 is 0 Å². The molecule has 10 heteroatoms. The maximum absolute atomic E-state index is 12.4. The molecule has 1 N–H and O–H groups in total. The Bertz CT molecular complexity index is 903. The summed E-state index contributed by atoms with van der Waals surface area (Å²) >= 11 is 5.90. The molecule has 0 saturated heterocycles. The van der Waals surface area contributed by atoms with Gasteiger partial charge < -0.3 is 5.32 Å². The van der Waals surface area contributed by atoms with E-state index in [4.69, 9.17) is 11.6 Å². The van der Waals surface area contributed by atoms with E-state index in [-0.39, 0.29) is 21.3 Å². The van der Waals surface area contributed by atoms with Crippen molar-refractivity contribution in [2.75, 3.05) is 18.9 Å². The van der Waals surface area contributed by atoms with E-state index < -0.39 is 27.4 Å². The second kappa shape index (κ2) is 7.60. The summed E-state index contributed by atoms with van der Waals surface area (Å²) in [6, 6.07) is 11.2. The lowest BCUT2D eigenvalue weighted by Gasteiger charge is -2.17. The Morgan fingerprint density at radius 1 is 1.24 bits per heavy atom. The van der Waals surface area contributed by atoms with Crippen molar-refractivity contribution in [1.29, 1.82) is 0 Å². The molecule has 0 fully saturated rings. The Morgan fingerprint density at radius 2 is 1.88 bits per heavy atom. The number of nitrogens with one attached hydrogen (secondary N) is 1. The van der Waals surface area contributed by atoms with Gasteiger partial charge in [-0.15, -0.1) is 0 Å². The van der Waals surface area contributed by atoms with E-state index >= 15 is 0 Å². The summed E-state index contributed by atoms with van der Waals surface area (Å²) in [4.78, 5) is 22.3. The van der Waals surface area contributed by atoms with Crippen LogP contribution in [0.2, 0.25) is 5.02 Å². The summed E-state index contributed by atoms with van der Waals surface area (Å²) in [5, 5.41) is 13.3. The number of nitrogens with zero attached hydrogens (tertiary/aromatic N) is 2. The number of benzene rings is 2. The van der Waals surface area contributed by atoms with Gasteiger partial charge in [-0.25, -0.2) is 8.42 Å². The van der Waals surface area contributed by atoms with Crippen LogP contribution in [0, 0.1) is 10.1 Å². The van der Waals surface area contributed by atoms with Gasteiger partial charge in [-0.3, -0.25) is 14.9 Å². The van der Waals surface area contributed by atoms with Crippen LogP contribution >= 0.6 is 11.6 Å². The molecule has 0 aliphatic heterocycles. The smallest absolute Gasteiger partial charge is 0.271 e. The van der Waals surface area contributed by atoms with Crippen molar-refractivity contribution < 1.29 is 18.1 Å². The van der Waals surface area contributed by atoms with E-state index in [2.05, 4.69) is 5.32 Å². The summed E-state index contributed by atoms with van der Waals surface area (Å²) in [5.41, 5.74) is -0.212. The number of hydrogen-bond acceptors (Lipinski definition) is 5. The Morgan fingerprint density at radius 3 is 2.48 bits per heavy atom. The minimum atomic E-state index is -3.83. The quantitative estimate of drug-likeness (QED) is 0.608. The first-order chi connectivity index (χ1) is 11.7. The average Bonchev–Trinajstić information content (AvgIpc) is 2.57. The molecular weight excluding hydrogens is 370 g/mol. The van der Waals surface area contributed by atoms with Gasteiger partial charge in [0.1, 0.15) is 0 Å². The fraction of sp³-hybridized carbons (Fsp3) is 0.133. The number of hydrogen-bond donors (Lipinski definition) is 1. The molecule has 0 aliphatic carbocycles. The molecule has 2 aromatic carbocycles. The molecule has 25 heavy (non-hydrogen) atoms. The van der Waals surface area contributed by atoms with Crippen molar-refractivity contribution in [3.8, 4) is 0 Å².